The van der Waals surface area contributed by atoms with E-state index in [0.29, 0.717) is 18.9 Å². The lowest BCUT2D eigenvalue weighted by atomic mass is 9.76. The molecular weight excluding hydrogens is 340 g/mol. The fourth-order valence-corrected chi connectivity index (χ4v) is 4.82. The molecule has 5 heteroatoms. The predicted molar refractivity (Wildman–Crippen MR) is 103 cm³/mol. The van der Waals surface area contributed by atoms with Gasteiger partial charge in [0.1, 0.15) is 6.04 Å². The smallest absolute Gasteiger partial charge is 0.320 e. The summed E-state index contributed by atoms with van der Waals surface area (Å²) in [5, 5.41) is 9.77. The van der Waals surface area contributed by atoms with E-state index in [4.69, 9.17) is 0 Å². The minimum atomic E-state index is -0.714. The molecule has 27 heavy (non-hydrogen) atoms. The molecule has 5 nitrogen and oxygen atoms in total. The maximum Gasteiger partial charge on any atom is 0.320 e. The predicted octanol–water partition coefficient (Wildman–Crippen LogP) is 2.93. The molecular formula is C22H30N2O3. The summed E-state index contributed by atoms with van der Waals surface area (Å²) in [4.78, 5) is 28.4. The quantitative estimate of drug-likeness (QED) is 0.866. The summed E-state index contributed by atoms with van der Waals surface area (Å²) in [6, 6.07) is 8.11. The van der Waals surface area contributed by atoms with Gasteiger partial charge in [-0.1, -0.05) is 31.2 Å². The lowest BCUT2D eigenvalue weighted by Crippen LogP contribution is -2.44. The summed E-state index contributed by atoms with van der Waals surface area (Å²) < 4.78 is 0. The Morgan fingerprint density at radius 2 is 1.74 bits per heavy atom. The zero-order valence-electron chi connectivity index (χ0n) is 16.2. The van der Waals surface area contributed by atoms with Crippen molar-refractivity contribution >= 4 is 11.9 Å². The largest absolute Gasteiger partial charge is 0.480 e. The van der Waals surface area contributed by atoms with E-state index < -0.39 is 12.0 Å². The molecule has 1 N–H and O–H groups in total. The molecule has 1 amide bonds. The molecule has 0 unspecified atom stereocenters. The number of carbonyl (C=O) groups excluding carboxylic acids is 1. The number of aryl methyl sites for hydroxylation is 1. The van der Waals surface area contributed by atoms with Crippen LogP contribution in [0.25, 0.3) is 0 Å². The zero-order chi connectivity index (χ0) is 19.0. The molecule has 1 aliphatic carbocycles. The molecule has 146 valence electrons. The fraction of sp³-hybridized carbons (Fsp3) is 0.636. The number of rotatable bonds is 5. The fourth-order valence-electron chi connectivity index (χ4n) is 4.82. The summed E-state index contributed by atoms with van der Waals surface area (Å²) in [6.45, 7) is 5.24. The van der Waals surface area contributed by atoms with Crippen LogP contribution in [0.2, 0.25) is 0 Å². The zero-order valence-corrected chi connectivity index (χ0v) is 16.2. The van der Waals surface area contributed by atoms with Gasteiger partial charge in [-0.3, -0.25) is 14.5 Å². The maximum atomic E-state index is 12.3. The first-order valence-corrected chi connectivity index (χ1v) is 10.3. The summed E-state index contributed by atoms with van der Waals surface area (Å²) in [6.07, 6.45) is 5.68. The highest BCUT2D eigenvalue weighted by atomic mass is 16.4. The van der Waals surface area contributed by atoms with Crippen LogP contribution in [-0.2, 0) is 22.6 Å². The van der Waals surface area contributed by atoms with Crippen molar-refractivity contribution in [2.45, 2.75) is 58.0 Å². The number of aliphatic carboxylic acids is 1. The Balaban J connectivity index is 1.42. The van der Waals surface area contributed by atoms with Crippen LogP contribution in [0, 0.1) is 11.3 Å². The second kappa shape index (κ2) is 7.27. The average molecular weight is 370 g/mol. The van der Waals surface area contributed by atoms with Crippen molar-refractivity contribution in [1.82, 2.24) is 9.80 Å². The standard InChI is InChI=1S/C22H30N2O3/c1-2-16-3-5-17(6-4-16)14-24-15-22(13-19(24)21(26)27)9-11-23(12-10-22)20(25)18-7-8-18/h3-6,18-19H,2,7-15H2,1H3,(H,26,27)/t19-/m0/s1. The molecule has 2 saturated heterocycles. The SMILES string of the molecule is CCc1ccc(CN2CC3(CCN(C(=O)C4CC4)CC3)C[C@H]2C(=O)O)cc1. The van der Waals surface area contributed by atoms with E-state index in [-0.39, 0.29) is 11.3 Å². The van der Waals surface area contributed by atoms with Crippen LogP contribution in [0.3, 0.4) is 0 Å². The molecule has 1 saturated carbocycles. The molecule has 2 aliphatic heterocycles. The van der Waals surface area contributed by atoms with Crippen LogP contribution >= 0.6 is 0 Å². The lowest BCUT2D eigenvalue weighted by Gasteiger charge is -2.39. The Kier molecular flexibility index (Phi) is 4.97. The van der Waals surface area contributed by atoms with Gasteiger partial charge in [-0.25, -0.2) is 0 Å². The van der Waals surface area contributed by atoms with Crippen molar-refractivity contribution in [2.24, 2.45) is 11.3 Å². The first kappa shape index (κ1) is 18.5. The van der Waals surface area contributed by atoms with Crippen LogP contribution in [0.15, 0.2) is 24.3 Å². The molecule has 1 spiro atoms. The monoisotopic (exact) mass is 370 g/mol. The van der Waals surface area contributed by atoms with Gasteiger partial charge >= 0.3 is 5.97 Å². The van der Waals surface area contributed by atoms with Crippen LogP contribution in [0.4, 0.5) is 0 Å². The number of hydrogen-bond donors (Lipinski definition) is 1. The molecule has 1 aromatic carbocycles. The van der Waals surface area contributed by atoms with E-state index in [2.05, 4.69) is 36.1 Å². The number of nitrogens with zero attached hydrogens (tertiary/aromatic N) is 2. The van der Waals surface area contributed by atoms with Gasteiger partial charge in [0.05, 0.1) is 0 Å². The lowest BCUT2D eigenvalue weighted by molar-refractivity contribution is -0.142. The molecule has 1 aromatic rings. The van der Waals surface area contributed by atoms with E-state index >= 15 is 0 Å². The highest BCUT2D eigenvalue weighted by Gasteiger charge is 2.49. The van der Waals surface area contributed by atoms with Crippen molar-refractivity contribution in [3.05, 3.63) is 35.4 Å². The Morgan fingerprint density at radius 1 is 1.11 bits per heavy atom. The topological polar surface area (TPSA) is 60.9 Å². The second-order valence-electron chi connectivity index (χ2n) is 8.73. The summed E-state index contributed by atoms with van der Waals surface area (Å²) >= 11 is 0. The molecule has 4 rings (SSSR count). The molecule has 0 radical (unpaired) electrons. The number of carbonyl (C=O) groups is 2. The number of piperidine rings is 1. The van der Waals surface area contributed by atoms with Crippen molar-refractivity contribution in [3.8, 4) is 0 Å². The number of carboxylic acid groups (broad SMARTS) is 1. The number of benzene rings is 1. The first-order chi connectivity index (χ1) is 13.0. The Labute approximate surface area is 161 Å². The Hall–Kier alpha value is -1.88. The van der Waals surface area contributed by atoms with Gasteiger partial charge in [-0.15, -0.1) is 0 Å². The number of hydrogen-bond acceptors (Lipinski definition) is 3. The number of likely N-dealkylation sites (tertiary alicyclic amines) is 2. The third-order valence-corrected chi connectivity index (χ3v) is 6.77. The van der Waals surface area contributed by atoms with E-state index in [9.17, 15) is 14.7 Å². The van der Waals surface area contributed by atoms with Crippen molar-refractivity contribution in [1.29, 1.82) is 0 Å². The van der Waals surface area contributed by atoms with Gasteiger partial charge in [0.2, 0.25) is 5.91 Å². The first-order valence-electron chi connectivity index (χ1n) is 10.3. The molecule has 0 aromatic heterocycles. The van der Waals surface area contributed by atoms with Crippen molar-refractivity contribution in [2.75, 3.05) is 19.6 Å². The summed E-state index contributed by atoms with van der Waals surface area (Å²) in [5.74, 6) is -0.115. The van der Waals surface area contributed by atoms with E-state index in [1.54, 1.807) is 0 Å². The third-order valence-electron chi connectivity index (χ3n) is 6.77. The minimum absolute atomic E-state index is 0.0484. The van der Waals surface area contributed by atoms with Gasteiger partial charge in [-0.05, 0) is 55.1 Å². The number of carboxylic acids is 1. The molecule has 1 atom stereocenters. The number of amides is 1. The second-order valence-corrected chi connectivity index (χ2v) is 8.73. The van der Waals surface area contributed by atoms with Crippen LogP contribution in [0.5, 0.6) is 0 Å². The Morgan fingerprint density at radius 3 is 2.30 bits per heavy atom. The van der Waals surface area contributed by atoms with E-state index in [0.717, 1.165) is 51.7 Å². The molecule has 3 fully saturated rings. The molecule has 2 heterocycles. The van der Waals surface area contributed by atoms with Gasteiger partial charge in [-0.2, -0.15) is 0 Å². The van der Waals surface area contributed by atoms with Crippen molar-refractivity contribution in [3.63, 3.8) is 0 Å². The molecule has 0 bridgehead atoms. The summed E-state index contributed by atoms with van der Waals surface area (Å²) in [7, 11) is 0. The summed E-state index contributed by atoms with van der Waals surface area (Å²) in [5.41, 5.74) is 2.53. The van der Waals surface area contributed by atoms with Crippen LogP contribution < -0.4 is 0 Å². The third kappa shape index (κ3) is 3.88. The van der Waals surface area contributed by atoms with Crippen molar-refractivity contribution < 1.29 is 14.7 Å². The average Bonchev–Trinajstić information content (AvgIpc) is 3.46. The van der Waals surface area contributed by atoms with Gasteiger partial charge in [0, 0.05) is 32.1 Å². The van der Waals surface area contributed by atoms with E-state index in [1.807, 2.05) is 4.90 Å². The van der Waals surface area contributed by atoms with Gasteiger partial charge < -0.3 is 10.0 Å². The van der Waals surface area contributed by atoms with Crippen LogP contribution in [0.1, 0.15) is 50.2 Å². The van der Waals surface area contributed by atoms with E-state index in [1.165, 1.54) is 11.1 Å². The van der Waals surface area contributed by atoms with Gasteiger partial charge in [0.15, 0.2) is 0 Å². The highest BCUT2D eigenvalue weighted by Crippen LogP contribution is 2.45. The Bertz CT molecular complexity index is 703. The maximum absolute atomic E-state index is 12.3. The van der Waals surface area contributed by atoms with Gasteiger partial charge in [0.25, 0.3) is 0 Å². The minimum Gasteiger partial charge on any atom is -0.480 e. The van der Waals surface area contributed by atoms with Crippen LogP contribution in [-0.4, -0.2) is 52.5 Å². The molecule has 3 aliphatic rings. The normalized spacial score (nSPS) is 25.1. The highest BCUT2D eigenvalue weighted by molar-refractivity contribution is 5.81.